The molecule has 1 saturated heterocycles. The number of carbonyl (C=O) groups is 1. The zero-order valence-electron chi connectivity index (χ0n) is 16.7. The Labute approximate surface area is 173 Å². The second-order valence-electron chi connectivity index (χ2n) is 7.37. The van der Waals surface area contributed by atoms with Crippen LogP contribution in [0.25, 0.3) is 11.1 Å². The lowest BCUT2D eigenvalue weighted by molar-refractivity contribution is 0.0697. The van der Waals surface area contributed by atoms with Gasteiger partial charge in [0.2, 0.25) is 5.95 Å². The number of rotatable bonds is 4. The Balaban J connectivity index is 1.48. The standard InChI is InChI=1S/C21H23N7O2/c1-22-21-24-11-16-15(2-6-23-19(16)27-21)13-3-7-28-18(10-13)17(12-25-28)20(29)26-14-4-8-30-9-5-14/h2-3,7,10-12,14H,4-6,8-9H2,1H3,(H,26,29)(H2,22,23,24,27). The monoisotopic (exact) mass is 405 g/mol. The van der Waals surface area contributed by atoms with Crippen molar-refractivity contribution >= 4 is 28.8 Å². The molecule has 2 aliphatic heterocycles. The van der Waals surface area contributed by atoms with Crippen LogP contribution in [0.4, 0.5) is 11.8 Å². The van der Waals surface area contributed by atoms with Gasteiger partial charge in [0.1, 0.15) is 5.82 Å². The van der Waals surface area contributed by atoms with Gasteiger partial charge in [-0.25, -0.2) is 9.50 Å². The fourth-order valence-electron chi connectivity index (χ4n) is 3.90. The molecule has 0 bridgehead atoms. The van der Waals surface area contributed by atoms with E-state index in [-0.39, 0.29) is 11.9 Å². The summed E-state index contributed by atoms with van der Waals surface area (Å²) in [6.45, 7) is 2.04. The van der Waals surface area contributed by atoms with Gasteiger partial charge in [-0.1, -0.05) is 6.08 Å². The molecule has 9 heteroatoms. The quantitative estimate of drug-likeness (QED) is 0.609. The normalized spacial score (nSPS) is 16.5. The molecule has 3 aromatic heterocycles. The van der Waals surface area contributed by atoms with Gasteiger partial charge in [0.15, 0.2) is 0 Å². The van der Waals surface area contributed by atoms with E-state index in [1.54, 1.807) is 17.8 Å². The molecule has 1 amide bonds. The first kappa shape index (κ1) is 18.6. The maximum Gasteiger partial charge on any atom is 0.255 e. The fraction of sp³-hybridized carbons (Fsp3) is 0.333. The number of nitrogens with zero attached hydrogens (tertiary/aromatic N) is 4. The SMILES string of the molecule is CNc1ncc2c(n1)NCC=C2c1ccn2ncc(C(=O)NC3CCOCC3)c2c1. The molecular weight excluding hydrogens is 382 g/mol. The molecule has 0 aliphatic carbocycles. The van der Waals surface area contributed by atoms with Gasteiger partial charge in [-0.05, 0) is 36.1 Å². The van der Waals surface area contributed by atoms with Gasteiger partial charge in [0.05, 0.1) is 17.3 Å². The van der Waals surface area contributed by atoms with Crippen molar-refractivity contribution in [3.05, 3.63) is 53.5 Å². The van der Waals surface area contributed by atoms with Crippen molar-refractivity contribution in [2.24, 2.45) is 0 Å². The van der Waals surface area contributed by atoms with E-state index in [4.69, 9.17) is 4.74 Å². The van der Waals surface area contributed by atoms with Crippen LogP contribution < -0.4 is 16.0 Å². The summed E-state index contributed by atoms with van der Waals surface area (Å²) in [5, 5.41) is 13.7. The van der Waals surface area contributed by atoms with Crippen molar-refractivity contribution in [1.29, 1.82) is 0 Å². The molecule has 9 nitrogen and oxygen atoms in total. The lowest BCUT2D eigenvalue weighted by Gasteiger charge is -2.23. The molecule has 5 heterocycles. The van der Waals surface area contributed by atoms with Crippen LogP contribution in [0, 0.1) is 0 Å². The largest absolute Gasteiger partial charge is 0.381 e. The first-order valence-electron chi connectivity index (χ1n) is 10.1. The molecule has 0 saturated carbocycles. The van der Waals surface area contributed by atoms with Gasteiger partial charge >= 0.3 is 0 Å². The van der Waals surface area contributed by atoms with Gasteiger partial charge in [-0.2, -0.15) is 10.1 Å². The van der Waals surface area contributed by atoms with E-state index in [0.29, 0.717) is 31.3 Å². The lowest BCUT2D eigenvalue weighted by Crippen LogP contribution is -2.38. The van der Waals surface area contributed by atoms with E-state index in [2.05, 4.69) is 37.1 Å². The van der Waals surface area contributed by atoms with Crippen molar-refractivity contribution < 1.29 is 9.53 Å². The van der Waals surface area contributed by atoms with E-state index >= 15 is 0 Å². The molecule has 3 aromatic rings. The minimum atomic E-state index is -0.101. The number of nitrogens with one attached hydrogen (secondary N) is 3. The average molecular weight is 405 g/mol. The molecule has 154 valence electrons. The Kier molecular flexibility index (Phi) is 4.80. The second kappa shape index (κ2) is 7.75. The molecule has 1 fully saturated rings. The van der Waals surface area contributed by atoms with E-state index in [0.717, 1.165) is 40.9 Å². The van der Waals surface area contributed by atoms with Crippen LogP contribution >= 0.6 is 0 Å². The minimum Gasteiger partial charge on any atom is -0.381 e. The number of hydrogen-bond donors (Lipinski definition) is 3. The predicted octanol–water partition coefficient (Wildman–Crippen LogP) is 1.93. The molecule has 30 heavy (non-hydrogen) atoms. The summed E-state index contributed by atoms with van der Waals surface area (Å²) < 4.78 is 7.10. The zero-order valence-corrected chi connectivity index (χ0v) is 16.7. The predicted molar refractivity (Wildman–Crippen MR) is 114 cm³/mol. The first-order chi connectivity index (χ1) is 14.7. The second-order valence-corrected chi connectivity index (χ2v) is 7.37. The number of ether oxygens (including phenoxy) is 1. The Morgan fingerprint density at radius 3 is 3.00 bits per heavy atom. The summed E-state index contributed by atoms with van der Waals surface area (Å²) in [4.78, 5) is 21.7. The van der Waals surface area contributed by atoms with Gasteiger partial charge < -0.3 is 20.7 Å². The molecular formula is C21H23N7O2. The maximum atomic E-state index is 12.9. The molecule has 0 aromatic carbocycles. The van der Waals surface area contributed by atoms with Gasteiger partial charge in [0, 0.05) is 50.8 Å². The summed E-state index contributed by atoms with van der Waals surface area (Å²) in [5.74, 6) is 1.26. The lowest BCUT2D eigenvalue weighted by atomic mass is 9.97. The van der Waals surface area contributed by atoms with Crippen molar-refractivity contribution in [3.63, 3.8) is 0 Å². The van der Waals surface area contributed by atoms with Gasteiger partial charge in [-0.15, -0.1) is 0 Å². The van der Waals surface area contributed by atoms with E-state index < -0.39 is 0 Å². The summed E-state index contributed by atoms with van der Waals surface area (Å²) in [5.41, 5.74) is 4.29. The van der Waals surface area contributed by atoms with Crippen LogP contribution in [-0.4, -0.2) is 58.3 Å². The molecule has 0 unspecified atom stereocenters. The van der Waals surface area contributed by atoms with Gasteiger partial charge in [-0.3, -0.25) is 4.79 Å². The van der Waals surface area contributed by atoms with E-state index in [9.17, 15) is 4.79 Å². The average Bonchev–Trinajstić information content (AvgIpc) is 3.22. The third kappa shape index (κ3) is 3.37. The van der Waals surface area contributed by atoms with Crippen LogP contribution in [0.15, 0.2) is 36.8 Å². The third-order valence-electron chi connectivity index (χ3n) is 5.51. The number of carbonyl (C=O) groups excluding carboxylic acids is 1. The Morgan fingerprint density at radius 2 is 2.17 bits per heavy atom. The number of aromatic nitrogens is 4. The summed E-state index contributed by atoms with van der Waals surface area (Å²) in [6, 6.07) is 4.13. The molecule has 0 atom stereocenters. The Morgan fingerprint density at radius 1 is 1.30 bits per heavy atom. The van der Waals surface area contributed by atoms with E-state index in [1.807, 2.05) is 24.5 Å². The summed E-state index contributed by atoms with van der Waals surface area (Å²) in [6.07, 6.45) is 9.09. The highest BCUT2D eigenvalue weighted by Gasteiger charge is 2.21. The van der Waals surface area contributed by atoms with Crippen LogP contribution in [0.2, 0.25) is 0 Å². The number of amides is 1. The third-order valence-corrected chi connectivity index (χ3v) is 5.51. The molecule has 0 spiro atoms. The summed E-state index contributed by atoms with van der Waals surface area (Å²) >= 11 is 0. The molecule has 2 aliphatic rings. The van der Waals surface area contributed by atoms with Crippen molar-refractivity contribution in [3.8, 4) is 0 Å². The van der Waals surface area contributed by atoms with Crippen molar-refractivity contribution in [2.45, 2.75) is 18.9 Å². The number of anilines is 2. The summed E-state index contributed by atoms with van der Waals surface area (Å²) in [7, 11) is 1.79. The highest BCUT2D eigenvalue weighted by atomic mass is 16.5. The fourth-order valence-corrected chi connectivity index (χ4v) is 3.90. The van der Waals surface area contributed by atoms with Crippen molar-refractivity contribution in [2.75, 3.05) is 37.4 Å². The maximum absolute atomic E-state index is 12.9. The first-order valence-corrected chi connectivity index (χ1v) is 10.1. The van der Waals surface area contributed by atoms with Crippen LogP contribution in [0.3, 0.4) is 0 Å². The van der Waals surface area contributed by atoms with Crippen LogP contribution in [0.5, 0.6) is 0 Å². The number of pyridine rings is 1. The Bertz CT molecular complexity index is 1130. The van der Waals surface area contributed by atoms with E-state index in [1.165, 1.54) is 0 Å². The smallest absolute Gasteiger partial charge is 0.255 e. The van der Waals surface area contributed by atoms with Crippen LogP contribution in [-0.2, 0) is 4.74 Å². The Hall–Kier alpha value is -3.46. The molecule has 0 radical (unpaired) electrons. The molecule has 3 N–H and O–H groups in total. The highest BCUT2D eigenvalue weighted by Crippen LogP contribution is 2.32. The zero-order chi connectivity index (χ0) is 20.5. The minimum absolute atomic E-state index is 0.101. The number of fused-ring (bicyclic) bond motifs is 2. The molecule has 5 rings (SSSR count). The van der Waals surface area contributed by atoms with Crippen LogP contribution in [0.1, 0.15) is 34.3 Å². The van der Waals surface area contributed by atoms with Gasteiger partial charge in [0.25, 0.3) is 5.91 Å². The number of hydrogen-bond acceptors (Lipinski definition) is 7. The highest BCUT2D eigenvalue weighted by molar-refractivity contribution is 6.01. The topological polar surface area (TPSA) is 105 Å². The van der Waals surface area contributed by atoms with Crippen molar-refractivity contribution in [1.82, 2.24) is 24.9 Å².